The largest absolute Gasteiger partial charge is 0.485 e. The highest BCUT2D eigenvalue weighted by molar-refractivity contribution is 7.14. The molecule has 6 heteroatoms. The van der Waals surface area contributed by atoms with Crippen LogP contribution in [0.3, 0.4) is 0 Å². The van der Waals surface area contributed by atoms with Gasteiger partial charge in [-0.2, -0.15) is 0 Å². The molecule has 0 saturated carbocycles. The fourth-order valence-electron chi connectivity index (χ4n) is 2.22. The zero-order valence-electron chi connectivity index (χ0n) is 11.5. The van der Waals surface area contributed by atoms with E-state index in [0.717, 1.165) is 0 Å². The zero-order valence-corrected chi connectivity index (χ0v) is 12.3. The van der Waals surface area contributed by atoms with Crippen molar-refractivity contribution >= 4 is 22.3 Å². The number of benzene rings is 1. The molecule has 0 aliphatic carbocycles. The van der Waals surface area contributed by atoms with Crippen molar-refractivity contribution < 1.29 is 19.0 Å². The number of ether oxygens (including phenoxy) is 3. The molecule has 0 amide bonds. The zero-order chi connectivity index (χ0) is 14.8. The maximum absolute atomic E-state index is 12.0. The summed E-state index contributed by atoms with van der Waals surface area (Å²) >= 11 is 1.30. The Kier molecular flexibility index (Phi) is 3.70. The molecule has 0 radical (unpaired) electrons. The molecule has 1 aromatic carbocycles. The molecule has 3 rings (SSSR count). The second kappa shape index (κ2) is 5.65. The van der Waals surface area contributed by atoms with Gasteiger partial charge >= 0.3 is 5.97 Å². The van der Waals surface area contributed by atoms with Crippen molar-refractivity contribution in [1.82, 2.24) is 0 Å². The first-order valence-electron chi connectivity index (χ1n) is 6.63. The van der Waals surface area contributed by atoms with Crippen LogP contribution in [-0.4, -0.2) is 19.2 Å². The van der Waals surface area contributed by atoms with E-state index in [1.54, 1.807) is 6.92 Å². The third-order valence-electron chi connectivity index (χ3n) is 3.18. The third kappa shape index (κ3) is 2.54. The number of nitrogen functional groups attached to an aromatic ring is 1. The molecule has 0 saturated heterocycles. The van der Waals surface area contributed by atoms with Gasteiger partial charge in [0, 0.05) is 10.9 Å². The smallest absolute Gasteiger partial charge is 0.341 e. The van der Waals surface area contributed by atoms with Gasteiger partial charge in [0.15, 0.2) is 17.6 Å². The van der Waals surface area contributed by atoms with Gasteiger partial charge in [0.1, 0.15) is 17.2 Å². The first-order valence-corrected chi connectivity index (χ1v) is 7.51. The molecule has 1 aliphatic heterocycles. The number of fused-ring (bicyclic) bond motifs is 1. The number of anilines is 1. The molecule has 2 heterocycles. The minimum absolute atomic E-state index is 0.304. The molecule has 2 aromatic rings. The van der Waals surface area contributed by atoms with Gasteiger partial charge in [-0.25, -0.2) is 4.79 Å². The van der Waals surface area contributed by atoms with Gasteiger partial charge in [-0.15, -0.1) is 11.3 Å². The van der Waals surface area contributed by atoms with Crippen molar-refractivity contribution in [2.24, 2.45) is 0 Å². The maximum atomic E-state index is 12.0. The minimum atomic E-state index is -0.422. The van der Waals surface area contributed by atoms with Crippen LogP contribution in [-0.2, 0) is 4.74 Å². The minimum Gasteiger partial charge on any atom is -0.485 e. The number of thiophene rings is 1. The molecule has 0 spiro atoms. The van der Waals surface area contributed by atoms with Gasteiger partial charge < -0.3 is 19.9 Å². The van der Waals surface area contributed by atoms with E-state index in [1.807, 2.05) is 29.6 Å². The Morgan fingerprint density at radius 3 is 2.95 bits per heavy atom. The summed E-state index contributed by atoms with van der Waals surface area (Å²) in [4.78, 5) is 12.0. The van der Waals surface area contributed by atoms with Gasteiger partial charge in [-0.3, -0.25) is 0 Å². The van der Waals surface area contributed by atoms with Crippen molar-refractivity contribution in [3.8, 4) is 11.5 Å². The molecule has 1 atom stereocenters. The monoisotopic (exact) mass is 305 g/mol. The van der Waals surface area contributed by atoms with Gasteiger partial charge in [-0.05, 0) is 19.1 Å². The van der Waals surface area contributed by atoms with E-state index >= 15 is 0 Å². The highest BCUT2D eigenvalue weighted by Gasteiger charge is 2.29. The fraction of sp³-hybridized carbons (Fsp3) is 0.267. The molecule has 1 aliphatic rings. The highest BCUT2D eigenvalue weighted by Crippen LogP contribution is 2.39. The second-order valence-corrected chi connectivity index (χ2v) is 5.43. The number of carbonyl (C=O) groups excluding carboxylic acids is 1. The van der Waals surface area contributed by atoms with E-state index in [4.69, 9.17) is 19.9 Å². The van der Waals surface area contributed by atoms with Crippen LogP contribution in [0, 0.1) is 0 Å². The van der Waals surface area contributed by atoms with Crippen LogP contribution in [0.2, 0.25) is 0 Å². The Balaban J connectivity index is 1.91. The highest BCUT2D eigenvalue weighted by atomic mass is 32.1. The topological polar surface area (TPSA) is 70.8 Å². The van der Waals surface area contributed by atoms with Crippen LogP contribution in [0.1, 0.15) is 28.9 Å². The normalized spacial score (nSPS) is 16.5. The SMILES string of the molecule is CCOC(=O)c1c([C@@H]2COc3ccccc3O2)csc1N. The molecule has 2 N–H and O–H groups in total. The lowest BCUT2D eigenvalue weighted by Crippen LogP contribution is -2.23. The fourth-order valence-corrected chi connectivity index (χ4v) is 3.06. The first-order chi connectivity index (χ1) is 10.2. The molecule has 0 fully saturated rings. The number of nitrogens with two attached hydrogens (primary N) is 1. The third-order valence-corrected chi connectivity index (χ3v) is 4.01. The van der Waals surface area contributed by atoms with Crippen LogP contribution in [0.15, 0.2) is 29.6 Å². The summed E-state index contributed by atoms with van der Waals surface area (Å²) < 4.78 is 16.7. The molecule has 110 valence electrons. The molecule has 1 aromatic heterocycles. The molecule has 0 unspecified atom stereocenters. The van der Waals surface area contributed by atoms with Crippen LogP contribution in [0.5, 0.6) is 11.5 Å². The van der Waals surface area contributed by atoms with E-state index in [-0.39, 0.29) is 6.10 Å². The number of esters is 1. The van der Waals surface area contributed by atoms with E-state index < -0.39 is 5.97 Å². The number of hydrogen-bond donors (Lipinski definition) is 1. The van der Waals surface area contributed by atoms with Crippen LogP contribution >= 0.6 is 11.3 Å². The van der Waals surface area contributed by atoms with Gasteiger partial charge in [0.25, 0.3) is 0 Å². The van der Waals surface area contributed by atoms with Crippen molar-refractivity contribution in [3.63, 3.8) is 0 Å². The molecular formula is C15H15NO4S. The Morgan fingerprint density at radius 1 is 1.43 bits per heavy atom. The standard InChI is InChI=1S/C15H15NO4S/c1-2-18-15(17)13-9(8-21-14(13)16)12-7-19-10-5-3-4-6-11(10)20-12/h3-6,8,12H,2,7,16H2,1H3/t12-/m0/s1. The molecule has 0 bridgehead atoms. The Labute approximate surface area is 126 Å². The van der Waals surface area contributed by atoms with Crippen molar-refractivity contribution in [2.45, 2.75) is 13.0 Å². The van der Waals surface area contributed by atoms with Crippen molar-refractivity contribution in [1.29, 1.82) is 0 Å². The Morgan fingerprint density at radius 2 is 2.19 bits per heavy atom. The van der Waals surface area contributed by atoms with E-state index in [2.05, 4.69) is 0 Å². The van der Waals surface area contributed by atoms with Crippen LogP contribution < -0.4 is 15.2 Å². The summed E-state index contributed by atoms with van der Waals surface area (Å²) in [7, 11) is 0. The predicted octanol–water partition coefficient (Wildman–Crippen LogP) is 3.02. The quantitative estimate of drug-likeness (QED) is 0.883. The average molecular weight is 305 g/mol. The molecule has 5 nitrogen and oxygen atoms in total. The summed E-state index contributed by atoms with van der Waals surface area (Å²) in [6.07, 6.45) is -0.368. The lowest BCUT2D eigenvalue weighted by molar-refractivity contribution is 0.0513. The number of rotatable bonds is 3. The van der Waals surface area contributed by atoms with Gasteiger partial charge in [0.05, 0.1) is 6.61 Å². The van der Waals surface area contributed by atoms with Crippen molar-refractivity contribution in [2.75, 3.05) is 18.9 Å². The lowest BCUT2D eigenvalue weighted by atomic mass is 10.1. The summed E-state index contributed by atoms with van der Waals surface area (Å²) in [6, 6.07) is 7.44. The number of para-hydroxylation sites is 2. The lowest BCUT2D eigenvalue weighted by Gasteiger charge is -2.26. The van der Waals surface area contributed by atoms with Gasteiger partial charge in [0.2, 0.25) is 0 Å². The maximum Gasteiger partial charge on any atom is 0.341 e. The molecule has 21 heavy (non-hydrogen) atoms. The van der Waals surface area contributed by atoms with E-state index in [9.17, 15) is 4.79 Å². The average Bonchev–Trinajstić information content (AvgIpc) is 2.89. The van der Waals surface area contributed by atoms with Crippen LogP contribution in [0.25, 0.3) is 0 Å². The summed E-state index contributed by atoms with van der Waals surface area (Å²) in [5.41, 5.74) is 6.99. The summed E-state index contributed by atoms with van der Waals surface area (Å²) in [6.45, 7) is 2.40. The van der Waals surface area contributed by atoms with Crippen molar-refractivity contribution in [3.05, 3.63) is 40.8 Å². The number of hydrogen-bond acceptors (Lipinski definition) is 6. The number of carbonyl (C=O) groups is 1. The Hall–Kier alpha value is -2.21. The van der Waals surface area contributed by atoms with E-state index in [1.165, 1.54) is 11.3 Å². The molecular weight excluding hydrogens is 290 g/mol. The predicted molar refractivity (Wildman–Crippen MR) is 80.0 cm³/mol. The Bertz CT molecular complexity index is 667. The second-order valence-electron chi connectivity index (χ2n) is 4.51. The van der Waals surface area contributed by atoms with Gasteiger partial charge in [-0.1, -0.05) is 12.1 Å². The summed E-state index contributed by atoms with van der Waals surface area (Å²) in [5, 5.41) is 2.26. The summed E-state index contributed by atoms with van der Waals surface area (Å²) in [5.74, 6) is 0.941. The van der Waals surface area contributed by atoms with E-state index in [0.29, 0.717) is 40.8 Å². The van der Waals surface area contributed by atoms with Crippen LogP contribution in [0.4, 0.5) is 5.00 Å². The first kappa shape index (κ1) is 13.8.